The van der Waals surface area contributed by atoms with Gasteiger partial charge in [0.05, 0.1) is 4.90 Å². The standard InChI is InChI=1S/C6H5ClO3S.C6H5Cl/c7-5-1-3-6(4-2-5)11(8,9)10;7-6-4-2-1-3-5-6/h1-4H,(H,8,9,10);1-5H. The van der Waals surface area contributed by atoms with Crippen molar-refractivity contribution in [3.05, 3.63) is 64.6 Å². The summed E-state index contributed by atoms with van der Waals surface area (Å²) in [6, 6.07) is 14.7. The molecule has 0 radical (unpaired) electrons. The fourth-order valence-electron chi connectivity index (χ4n) is 1.02. The van der Waals surface area contributed by atoms with Crippen LogP contribution in [-0.2, 0) is 10.1 Å². The molecule has 0 aliphatic rings. The van der Waals surface area contributed by atoms with Crippen molar-refractivity contribution in [2.45, 2.75) is 4.90 Å². The Balaban J connectivity index is 0.000000199. The highest BCUT2D eigenvalue weighted by molar-refractivity contribution is 7.85. The van der Waals surface area contributed by atoms with E-state index < -0.39 is 10.1 Å². The van der Waals surface area contributed by atoms with Crippen LogP contribution in [0.4, 0.5) is 0 Å². The summed E-state index contributed by atoms with van der Waals surface area (Å²) in [6.45, 7) is 0. The van der Waals surface area contributed by atoms with Crippen LogP contribution in [0.3, 0.4) is 0 Å². The summed E-state index contributed by atoms with van der Waals surface area (Å²) in [5.74, 6) is 0. The van der Waals surface area contributed by atoms with Crippen LogP contribution in [0.1, 0.15) is 0 Å². The predicted molar refractivity (Wildman–Crippen MR) is 72.7 cm³/mol. The summed E-state index contributed by atoms with van der Waals surface area (Å²) in [7, 11) is -4.08. The molecule has 3 nitrogen and oxygen atoms in total. The molecule has 0 fully saturated rings. The van der Waals surface area contributed by atoms with Crippen molar-refractivity contribution in [1.82, 2.24) is 0 Å². The van der Waals surface area contributed by atoms with Crippen LogP contribution in [0.25, 0.3) is 0 Å². The maximum absolute atomic E-state index is 10.5. The van der Waals surface area contributed by atoms with Gasteiger partial charge in [-0.25, -0.2) is 0 Å². The van der Waals surface area contributed by atoms with Gasteiger partial charge in [-0.3, -0.25) is 4.55 Å². The van der Waals surface area contributed by atoms with Gasteiger partial charge >= 0.3 is 0 Å². The average molecular weight is 305 g/mol. The maximum Gasteiger partial charge on any atom is 0.294 e. The van der Waals surface area contributed by atoms with Gasteiger partial charge in [0, 0.05) is 10.0 Å². The van der Waals surface area contributed by atoms with Gasteiger partial charge in [-0.1, -0.05) is 41.4 Å². The zero-order valence-corrected chi connectivity index (χ0v) is 11.5. The summed E-state index contributed by atoms with van der Waals surface area (Å²) in [4.78, 5) is -0.151. The van der Waals surface area contributed by atoms with Crippen molar-refractivity contribution in [3.8, 4) is 0 Å². The largest absolute Gasteiger partial charge is 0.294 e. The second-order valence-electron chi connectivity index (χ2n) is 3.22. The number of benzene rings is 2. The minimum atomic E-state index is -4.08. The minimum Gasteiger partial charge on any atom is -0.282 e. The molecule has 0 bridgehead atoms. The monoisotopic (exact) mass is 304 g/mol. The van der Waals surface area contributed by atoms with Crippen LogP contribution in [0.15, 0.2) is 59.5 Å². The lowest BCUT2D eigenvalue weighted by Gasteiger charge is -1.94. The second kappa shape index (κ2) is 6.75. The zero-order chi connectivity index (χ0) is 13.6. The Labute approximate surface area is 116 Å². The molecule has 0 saturated heterocycles. The summed E-state index contributed by atoms with van der Waals surface area (Å²) in [6.07, 6.45) is 0. The van der Waals surface area contributed by atoms with E-state index >= 15 is 0 Å². The van der Waals surface area contributed by atoms with Crippen molar-refractivity contribution in [3.63, 3.8) is 0 Å². The summed E-state index contributed by atoms with van der Waals surface area (Å²) in [5, 5.41) is 1.22. The molecule has 2 aromatic rings. The molecule has 0 saturated carbocycles. The molecule has 96 valence electrons. The van der Waals surface area contributed by atoms with E-state index in [-0.39, 0.29) is 4.90 Å². The highest BCUT2D eigenvalue weighted by Gasteiger charge is 2.07. The Kier molecular flexibility index (Phi) is 5.62. The Hall–Kier alpha value is -1.07. The smallest absolute Gasteiger partial charge is 0.282 e. The molecule has 0 aliphatic heterocycles. The van der Waals surface area contributed by atoms with Crippen LogP contribution < -0.4 is 0 Å². The number of rotatable bonds is 1. The van der Waals surface area contributed by atoms with E-state index in [0.29, 0.717) is 5.02 Å². The Morgan fingerprint density at radius 3 is 1.56 bits per heavy atom. The molecule has 2 rings (SSSR count). The molecule has 0 heterocycles. The first-order valence-corrected chi connectivity index (χ1v) is 7.03. The lowest BCUT2D eigenvalue weighted by Crippen LogP contribution is -1.96. The normalized spacial score (nSPS) is 10.4. The fourth-order valence-corrected chi connectivity index (χ4v) is 1.77. The highest BCUT2D eigenvalue weighted by atomic mass is 35.5. The van der Waals surface area contributed by atoms with Gasteiger partial charge < -0.3 is 0 Å². The summed E-state index contributed by atoms with van der Waals surface area (Å²) < 4.78 is 29.4. The highest BCUT2D eigenvalue weighted by Crippen LogP contribution is 2.13. The fraction of sp³-hybridized carbons (Fsp3) is 0. The van der Waals surface area contributed by atoms with E-state index in [1.54, 1.807) is 0 Å². The second-order valence-corrected chi connectivity index (χ2v) is 5.52. The number of hydrogen-bond acceptors (Lipinski definition) is 2. The van der Waals surface area contributed by atoms with E-state index in [1.165, 1.54) is 24.3 Å². The first-order valence-electron chi connectivity index (χ1n) is 4.83. The third-order valence-corrected chi connectivity index (χ3v) is 3.22. The Bertz CT molecular complexity index is 580. The van der Waals surface area contributed by atoms with Crippen molar-refractivity contribution in [2.24, 2.45) is 0 Å². The van der Waals surface area contributed by atoms with Crippen LogP contribution in [0.5, 0.6) is 0 Å². The maximum atomic E-state index is 10.5. The van der Waals surface area contributed by atoms with Gasteiger partial charge in [0.1, 0.15) is 0 Å². The first kappa shape index (κ1) is 15.0. The van der Waals surface area contributed by atoms with Crippen LogP contribution >= 0.6 is 23.2 Å². The van der Waals surface area contributed by atoms with Crippen LogP contribution in [0, 0.1) is 0 Å². The molecule has 0 spiro atoms. The molecule has 6 heteroatoms. The summed E-state index contributed by atoms with van der Waals surface area (Å²) in [5.41, 5.74) is 0. The van der Waals surface area contributed by atoms with Crippen molar-refractivity contribution in [2.75, 3.05) is 0 Å². The van der Waals surface area contributed by atoms with Crippen LogP contribution in [-0.4, -0.2) is 13.0 Å². The van der Waals surface area contributed by atoms with Gasteiger partial charge in [0.15, 0.2) is 0 Å². The minimum absolute atomic E-state index is 0.151. The van der Waals surface area contributed by atoms with Gasteiger partial charge in [0.25, 0.3) is 10.1 Å². The van der Waals surface area contributed by atoms with Crippen molar-refractivity contribution < 1.29 is 13.0 Å². The summed E-state index contributed by atoms with van der Waals surface area (Å²) >= 11 is 11.0. The molecule has 0 amide bonds. The van der Waals surface area contributed by atoms with E-state index in [4.69, 9.17) is 27.8 Å². The lowest BCUT2D eigenvalue weighted by atomic mass is 10.4. The quantitative estimate of drug-likeness (QED) is 0.812. The molecular formula is C12H10Cl2O3S. The van der Waals surface area contributed by atoms with Gasteiger partial charge in [0.2, 0.25) is 0 Å². The van der Waals surface area contributed by atoms with Crippen LogP contribution in [0.2, 0.25) is 10.0 Å². The molecular weight excluding hydrogens is 295 g/mol. The van der Waals surface area contributed by atoms with E-state index in [0.717, 1.165) is 5.02 Å². The lowest BCUT2D eigenvalue weighted by molar-refractivity contribution is 0.483. The molecule has 0 atom stereocenters. The van der Waals surface area contributed by atoms with E-state index in [1.807, 2.05) is 30.3 Å². The zero-order valence-electron chi connectivity index (χ0n) is 9.12. The molecule has 0 aliphatic carbocycles. The topological polar surface area (TPSA) is 54.4 Å². The molecule has 0 unspecified atom stereocenters. The average Bonchev–Trinajstić information content (AvgIpc) is 2.30. The predicted octanol–water partition coefficient (Wildman–Crippen LogP) is 3.93. The molecule has 1 N–H and O–H groups in total. The first-order chi connectivity index (χ1) is 8.39. The van der Waals surface area contributed by atoms with Gasteiger partial charge in [-0.05, 0) is 36.4 Å². The third-order valence-electron chi connectivity index (χ3n) is 1.84. The Morgan fingerprint density at radius 1 is 0.778 bits per heavy atom. The molecule has 18 heavy (non-hydrogen) atoms. The Morgan fingerprint density at radius 2 is 1.22 bits per heavy atom. The SMILES string of the molecule is Clc1ccccc1.O=S(=O)(O)c1ccc(Cl)cc1. The number of halogens is 2. The molecule has 0 aromatic heterocycles. The third kappa shape index (κ3) is 5.51. The van der Waals surface area contributed by atoms with Crippen molar-refractivity contribution in [1.29, 1.82) is 0 Å². The van der Waals surface area contributed by atoms with Crippen molar-refractivity contribution >= 4 is 33.3 Å². The van der Waals surface area contributed by atoms with Gasteiger partial charge in [-0.15, -0.1) is 0 Å². The van der Waals surface area contributed by atoms with Gasteiger partial charge in [-0.2, -0.15) is 8.42 Å². The van der Waals surface area contributed by atoms with E-state index in [9.17, 15) is 8.42 Å². The van der Waals surface area contributed by atoms with E-state index in [2.05, 4.69) is 0 Å². The number of hydrogen-bond donors (Lipinski definition) is 1. The molecule has 2 aromatic carbocycles.